The van der Waals surface area contributed by atoms with Gasteiger partial charge in [-0.05, 0) is 55.0 Å². The molecule has 1 amide bonds. The normalized spacial score (nSPS) is 10.9. The van der Waals surface area contributed by atoms with Gasteiger partial charge in [-0.2, -0.15) is 0 Å². The van der Waals surface area contributed by atoms with Crippen molar-refractivity contribution >= 4 is 17.4 Å². The van der Waals surface area contributed by atoms with Crippen molar-refractivity contribution in [2.24, 2.45) is 0 Å². The van der Waals surface area contributed by atoms with Crippen LogP contribution in [0, 0.1) is 18.6 Å². The number of pyridine rings is 1. The van der Waals surface area contributed by atoms with Gasteiger partial charge < -0.3 is 10.1 Å². The number of anilines is 1. The van der Waals surface area contributed by atoms with Crippen LogP contribution in [0.1, 0.15) is 5.56 Å². The zero-order chi connectivity index (χ0) is 20.4. The predicted octanol–water partition coefficient (Wildman–Crippen LogP) is 4.61. The number of nitrogens with one attached hydrogen (secondary N) is 1. The lowest BCUT2D eigenvalue weighted by Crippen LogP contribution is -2.21. The van der Waals surface area contributed by atoms with Crippen LogP contribution in [0.5, 0.6) is 5.75 Å². The first kappa shape index (κ1) is 18.6. The molecule has 4 rings (SSSR count). The number of carbonyl (C=O) groups is 1. The van der Waals surface area contributed by atoms with E-state index in [1.807, 2.05) is 19.1 Å². The van der Waals surface area contributed by atoms with E-state index in [0.29, 0.717) is 11.4 Å². The van der Waals surface area contributed by atoms with Crippen molar-refractivity contribution in [3.8, 4) is 17.0 Å². The molecule has 2 aromatic carbocycles. The number of nitrogens with zero attached hydrogens (tertiary/aromatic N) is 2. The molecule has 0 unspecified atom stereocenters. The highest BCUT2D eigenvalue weighted by molar-refractivity contribution is 5.95. The Morgan fingerprint density at radius 3 is 2.69 bits per heavy atom. The fourth-order valence-electron chi connectivity index (χ4n) is 2.97. The van der Waals surface area contributed by atoms with Gasteiger partial charge in [0.2, 0.25) is 0 Å². The third kappa shape index (κ3) is 3.94. The molecule has 4 aromatic rings. The van der Waals surface area contributed by atoms with Crippen LogP contribution in [0.25, 0.3) is 16.9 Å². The quantitative estimate of drug-likeness (QED) is 0.539. The molecule has 29 heavy (non-hydrogen) atoms. The second-order valence-electron chi connectivity index (χ2n) is 6.52. The lowest BCUT2D eigenvalue weighted by molar-refractivity contribution is -0.118. The van der Waals surface area contributed by atoms with E-state index in [1.165, 1.54) is 0 Å². The van der Waals surface area contributed by atoms with Crippen LogP contribution in [0.15, 0.2) is 66.9 Å². The van der Waals surface area contributed by atoms with Crippen LogP contribution in [-0.4, -0.2) is 21.9 Å². The number of hydrogen-bond donors (Lipinski definition) is 1. The molecule has 0 fully saturated rings. The molecule has 2 heterocycles. The zero-order valence-electron chi connectivity index (χ0n) is 15.5. The Hall–Kier alpha value is -3.74. The maximum atomic E-state index is 14.4. The fraction of sp³-hybridized carbons (Fsp3) is 0.0909. The standard InChI is InChI=1S/C22H17F2N3O2/c1-14-9-10-27-19(11-14)25-21(17-12-15(23)7-8-18(17)24)22(27)26-20(28)13-29-16-5-3-2-4-6-16/h2-12H,13H2,1H3,(H,26,28). The number of aromatic nitrogens is 2. The van der Waals surface area contributed by atoms with Crippen molar-refractivity contribution in [1.29, 1.82) is 0 Å². The van der Waals surface area contributed by atoms with Gasteiger partial charge in [0, 0.05) is 11.8 Å². The molecule has 0 spiro atoms. The van der Waals surface area contributed by atoms with Gasteiger partial charge in [0.15, 0.2) is 6.61 Å². The minimum absolute atomic E-state index is 0.0365. The summed E-state index contributed by atoms with van der Waals surface area (Å²) in [4.78, 5) is 16.9. The summed E-state index contributed by atoms with van der Waals surface area (Å²) in [6.45, 7) is 1.65. The van der Waals surface area contributed by atoms with E-state index in [1.54, 1.807) is 40.9 Å². The number of rotatable bonds is 5. The molecule has 0 saturated heterocycles. The van der Waals surface area contributed by atoms with Crippen molar-refractivity contribution < 1.29 is 18.3 Å². The van der Waals surface area contributed by atoms with Crippen molar-refractivity contribution in [2.75, 3.05) is 11.9 Å². The van der Waals surface area contributed by atoms with Gasteiger partial charge in [-0.25, -0.2) is 13.8 Å². The number of benzene rings is 2. The number of halogens is 2. The number of aryl methyl sites for hydroxylation is 1. The van der Waals surface area contributed by atoms with Gasteiger partial charge in [0.05, 0.1) is 0 Å². The SMILES string of the molecule is Cc1ccn2c(NC(=O)COc3ccccc3)c(-c3cc(F)ccc3F)nc2c1. The number of hydrogen-bond acceptors (Lipinski definition) is 3. The molecule has 0 bridgehead atoms. The highest BCUT2D eigenvalue weighted by Crippen LogP contribution is 2.31. The lowest BCUT2D eigenvalue weighted by atomic mass is 10.1. The van der Waals surface area contributed by atoms with E-state index in [0.717, 1.165) is 23.8 Å². The fourth-order valence-corrected chi connectivity index (χ4v) is 2.97. The van der Waals surface area contributed by atoms with Crippen molar-refractivity contribution in [3.05, 3.63) is 84.1 Å². The van der Waals surface area contributed by atoms with Crippen LogP contribution in [-0.2, 0) is 4.79 Å². The van der Waals surface area contributed by atoms with E-state index >= 15 is 0 Å². The predicted molar refractivity (Wildman–Crippen MR) is 106 cm³/mol. The molecular formula is C22H17F2N3O2. The average Bonchev–Trinajstić information content (AvgIpc) is 3.06. The molecule has 0 saturated carbocycles. The summed E-state index contributed by atoms with van der Waals surface area (Å²) in [5.41, 5.74) is 1.55. The Morgan fingerprint density at radius 1 is 1.10 bits per heavy atom. The van der Waals surface area contributed by atoms with Gasteiger partial charge >= 0.3 is 0 Å². The number of para-hydroxylation sites is 1. The monoisotopic (exact) mass is 393 g/mol. The van der Waals surface area contributed by atoms with E-state index in [2.05, 4.69) is 10.3 Å². The summed E-state index contributed by atoms with van der Waals surface area (Å²) < 4.78 is 35.2. The Kier molecular flexibility index (Phi) is 4.95. The maximum Gasteiger partial charge on any atom is 0.263 e. The summed E-state index contributed by atoms with van der Waals surface area (Å²) in [6, 6.07) is 15.6. The molecule has 1 N–H and O–H groups in total. The number of ether oxygens (including phenoxy) is 1. The van der Waals surface area contributed by atoms with Crippen molar-refractivity contribution in [3.63, 3.8) is 0 Å². The maximum absolute atomic E-state index is 14.4. The van der Waals surface area contributed by atoms with Gasteiger partial charge in [-0.1, -0.05) is 18.2 Å². The minimum Gasteiger partial charge on any atom is -0.484 e. The lowest BCUT2D eigenvalue weighted by Gasteiger charge is -2.10. The summed E-state index contributed by atoms with van der Waals surface area (Å²) in [7, 11) is 0. The first-order valence-corrected chi connectivity index (χ1v) is 8.93. The minimum atomic E-state index is -0.637. The Balaban J connectivity index is 1.70. The highest BCUT2D eigenvalue weighted by Gasteiger charge is 2.20. The first-order valence-electron chi connectivity index (χ1n) is 8.93. The van der Waals surface area contributed by atoms with Gasteiger partial charge in [0.25, 0.3) is 5.91 Å². The molecule has 5 nitrogen and oxygen atoms in total. The molecule has 0 aliphatic rings. The molecule has 0 radical (unpaired) electrons. The van der Waals surface area contributed by atoms with Crippen LogP contribution < -0.4 is 10.1 Å². The van der Waals surface area contributed by atoms with E-state index in [4.69, 9.17) is 4.74 Å². The van der Waals surface area contributed by atoms with E-state index in [9.17, 15) is 13.6 Å². The molecule has 0 aliphatic heterocycles. The number of imidazole rings is 1. The van der Waals surface area contributed by atoms with Gasteiger partial charge in [0.1, 0.15) is 34.5 Å². The largest absolute Gasteiger partial charge is 0.484 e. The first-order chi connectivity index (χ1) is 14.0. The third-order valence-corrected chi connectivity index (χ3v) is 4.34. The molecule has 0 aliphatic carbocycles. The van der Waals surface area contributed by atoms with Crippen LogP contribution in [0.4, 0.5) is 14.6 Å². The van der Waals surface area contributed by atoms with Crippen LogP contribution in [0.3, 0.4) is 0 Å². The molecule has 146 valence electrons. The van der Waals surface area contributed by atoms with Gasteiger partial charge in [-0.3, -0.25) is 9.20 Å². The summed E-state index contributed by atoms with van der Waals surface area (Å²) in [5, 5.41) is 2.72. The van der Waals surface area contributed by atoms with Gasteiger partial charge in [-0.15, -0.1) is 0 Å². The second-order valence-corrected chi connectivity index (χ2v) is 6.52. The Bertz CT molecular complexity index is 1190. The summed E-state index contributed by atoms with van der Waals surface area (Å²) in [5.74, 6) is -0.893. The summed E-state index contributed by atoms with van der Waals surface area (Å²) >= 11 is 0. The topological polar surface area (TPSA) is 55.6 Å². The van der Waals surface area contributed by atoms with E-state index < -0.39 is 17.5 Å². The Morgan fingerprint density at radius 2 is 1.90 bits per heavy atom. The number of fused-ring (bicyclic) bond motifs is 1. The molecule has 7 heteroatoms. The van der Waals surface area contributed by atoms with Crippen molar-refractivity contribution in [1.82, 2.24) is 9.38 Å². The number of amides is 1. The molecule has 0 atom stereocenters. The smallest absolute Gasteiger partial charge is 0.263 e. The second kappa shape index (κ2) is 7.71. The molecular weight excluding hydrogens is 376 g/mol. The van der Waals surface area contributed by atoms with Crippen LogP contribution >= 0.6 is 0 Å². The zero-order valence-corrected chi connectivity index (χ0v) is 15.5. The number of carbonyl (C=O) groups excluding carboxylic acids is 1. The van der Waals surface area contributed by atoms with Crippen molar-refractivity contribution in [2.45, 2.75) is 6.92 Å². The highest BCUT2D eigenvalue weighted by atomic mass is 19.1. The van der Waals surface area contributed by atoms with Crippen LogP contribution in [0.2, 0.25) is 0 Å². The Labute approximate surface area is 165 Å². The van der Waals surface area contributed by atoms with E-state index in [-0.39, 0.29) is 23.7 Å². The average molecular weight is 393 g/mol. The molecule has 2 aromatic heterocycles. The summed E-state index contributed by atoms with van der Waals surface area (Å²) in [6.07, 6.45) is 1.71. The third-order valence-electron chi connectivity index (χ3n) is 4.34.